The van der Waals surface area contributed by atoms with Gasteiger partial charge in [0.05, 0.1) is 5.88 Å². The molecule has 0 fully saturated rings. The molecular formula is C12H12ClNO2. The molecule has 0 radical (unpaired) electrons. The van der Waals surface area contributed by atoms with Gasteiger partial charge in [-0.3, -0.25) is 9.59 Å². The first-order valence-electron chi connectivity index (χ1n) is 4.76. The number of hydrogen-bond acceptors (Lipinski definition) is 2. The number of allylic oxidation sites excluding steroid dienone is 1. The number of alkyl halides is 1. The molecule has 1 N–H and O–H groups in total. The molecule has 0 unspecified atom stereocenters. The van der Waals surface area contributed by atoms with E-state index in [0.717, 1.165) is 11.3 Å². The van der Waals surface area contributed by atoms with Crippen LogP contribution in [-0.2, 0) is 9.59 Å². The van der Waals surface area contributed by atoms with Crippen LogP contribution < -0.4 is 5.32 Å². The molecule has 0 aliphatic carbocycles. The minimum atomic E-state index is -0.132. The van der Waals surface area contributed by atoms with Gasteiger partial charge in [-0.05, 0) is 23.8 Å². The summed E-state index contributed by atoms with van der Waals surface area (Å²) in [5, 5.41) is 2.66. The molecule has 0 aromatic heterocycles. The van der Waals surface area contributed by atoms with Crippen molar-refractivity contribution in [3.05, 3.63) is 35.9 Å². The minimum Gasteiger partial charge on any atom is -0.326 e. The van der Waals surface area contributed by atoms with Gasteiger partial charge in [0.2, 0.25) is 5.91 Å². The Balaban J connectivity index is 2.68. The summed E-state index contributed by atoms with van der Waals surface area (Å²) in [6.45, 7) is 1.45. The van der Waals surface area contributed by atoms with E-state index in [0.29, 0.717) is 0 Å². The average molecular weight is 238 g/mol. The number of nitrogens with one attached hydrogen (secondary N) is 1. The maximum absolute atomic E-state index is 10.9. The lowest BCUT2D eigenvalue weighted by molar-refractivity contribution is -0.114. The highest BCUT2D eigenvalue weighted by Gasteiger charge is 1.95. The van der Waals surface area contributed by atoms with Crippen LogP contribution in [0.4, 0.5) is 5.69 Å². The number of carbonyl (C=O) groups is 2. The molecule has 0 saturated carbocycles. The van der Waals surface area contributed by atoms with Gasteiger partial charge in [-0.2, -0.15) is 0 Å². The van der Waals surface area contributed by atoms with E-state index in [1.807, 2.05) is 12.1 Å². The van der Waals surface area contributed by atoms with Gasteiger partial charge < -0.3 is 5.32 Å². The number of hydrogen-bond donors (Lipinski definition) is 1. The van der Waals surface area contributed by atoms with Gasteiger partial charge in [-0.15, -0.1) is 11.6 Å². The van der Waals surface area contributed by atoms with E-state index < -0.39 is 0 Å². The van der Waals surface area contributed by atoms with Crippen molar-refractivity contribution in [2.45, 2.75) is 6.92 Å². The van der Waals surface area contributed by atoms with Crippen LogP contribution in [0, 0.1) is 0 Å². The number of ketones is 1. The van der Waals surface area contributed by atoms with Gasteiger partial charge in [-0.1, -0.05) is 18.2 Å². The van der Waals surface area contributed by atoms with Crippen molar-refractivity contribution in [3.8, 4) is 0 Å². The van der Waals surface area contributed by atoms with Gasteiger partial charge >= 0.3 is 0 Å². The van der Waals surface area contributed by atoms with Crippen LogP contribution in [-0.4, -0.2) is 17.6 Å². The van der Waals surface area contributed by atoms with Gasteiger partial charge in [0, 0.05) is 12.6 Å². The fraction of sp³-hybridized carbons (Fsp3) is 0.167. The van der Waals surface area contributed by atoms with Crippen LogP contribution in [0.3, 0.4) is 0 Å². The second-order valence-corrected chi connectivity index (χ2v) is 3.50. The Morgan fingerprint density at radius 2 is 1.94 bits per heavy atom. The van der Waals surface area contributed by atoms with Crippen LogP contribution in [0.1, 0.15) is 12.5 Å². The zero-order valence-corrected chi connectivity index (χ0v) is 9.62. The van der Waals surface area contributed by atoms with E-state index in [1.54, 1.807) is 18.2 Å². The zero-order chi connectivity index (χ0) is 12.0. The summed E-state index contributed by atoms with van der Waals surface area (Å²) in [7, 11) is 0. The van der Waals surface area contributed by atoms with Crippen molar-refractivity contribution < 1.29 is 9.59 Å². The highest BCUT2D eigenvalue weighted by molar-refractivity contribution is 6.29. The second-order valence-electron chi connectivity index (χ2n) is 3.24. The molecule has 0 spiro atoms. The molecule has 84 valence electrons. The largest absolute Gasteiger partial charge is 0.326 e. The predicted octanol–water partition coefficient (Wildman–Crippen LogP) is 2.47. The average Bonchev–Trinajstić information content (AvgIpc) is 2.27. The van der Waals surface area contributed by atoms with Crippen LogP contribution >= 0.6 is 11.6 Å². The Morgan fingerprint density at radius 3 is 2.44 bits per heavy atom. The smallest absolute Gasteiger partial charge is 0.221 e. The van der Waals surface area contributed by atoms with Crippen molar-refractivity contribution >= 4 is 35.1 Å². The lowest BCUT2D eigenvalue weighted by atomic mass is 10.2. The molecule has 0 saturated heterocycles. The van der Waals surface area contributed by atoms with Crippen molar-refractivity contribution in [1.29, 1.82) is 0 Å². The third kappa shape index (κ3) is 4.28. The Bertz CT molecular complexity index is 410. The SMILES string of the molecule is CC(=O)Nc1ccc(C=CC(=O)CCl)cc1. The number of amides is 1. The highest BCUT2D eigenvalue weighted by atomic mass is 35.5. The molecular weight excluding hydrogens is 226 g/mol. The lowest BCUT2D eigenvalue weighted by Crippen LogP contribution is -2.05. The lowest BCUT2D eigenvalue weighted by Gasteiger charge is -2.01. The number of halogens is 1. The van der Waals surface area contributed by atoms with Crippen LogP contribution in [0.25, 0.3) is 6.08 Å². The van der Waals surface area contributed by atoms with E-state index in [4.69, 9.17) is 11.6 Å². The topological polar surface area (TPSA) is 46.2 Å². The molecule has 16 heavy (non-hydrogen) atoms. The molecule has 0 atom stereocenters. The van der Waals surface area contributed by atoms with Crippen LogP contribution in [0.2, 0.25) is 0 Å². The predicted molar refractivity (Wildman–Crippen MR) is 65.5 cm³/mol. The quantitative estimate of drug-likeness (QED) is 0.646. The Morgan fingerprint density at radius 1 is 1.31 bits per heavy atom. The molecule has 0 heterocycles. The molecule has 1 aromatic rings. The molecule has 0 aliphatic rings. The number of rotatable bonds is 4. The Labute approximate surface area is 99.1 Å². The fourth-order valence-corrected chi connectivity index (χ4v) is 1.20. The Hall–Kier alpha value is -1.61. The van der Waals surface area contributed by atoms with E-state index >= 15 is 0 Å². The summed E-state index contributed by atoms with van der Waals surface area (Å²) in [6, 6.07) is 7.16. The first kappa shape index (κ1) is 12.5. The molecule has 1 amide bonds. The van der Waals surface area contributed by atoms with E-state index in [-0.39, 0.29) is 17.6 Å². The molecule has 4 heteroatoms. The van der Waals surface area contributed by atoms with Gasteiger partial charge in [0.1, 0.15) is 0 Å². The fourth-order valence-electron chi connectivity index (χ4n) is 1.11. The number of anilines is 1. The molecule has 3 nitrogen and oxygen atoms in total. The van der Waals surface area contributed by atoms with Crippen molar-refractivity contribution in [2.24, 2.45) is 0 Å². The standard InChI is InChI=1S/C12H12ClNO2/c1-9(15)14-11-5-2-10(3-6-11)4-7-12(16)8-13/h2-7H,8H2,1H3,(H,14,15). The summed E-state index contributed by atoms with van der Waals surface area (Å²) in [5.74, 6) is -0.256. The zero-order valence-electron chi connectivity index (χ0n) is 8.87. The van der Waals surface area contributed by atoms with Crippen molar-refractivity contribution in [1.82, 2.24) is 0 Å². The van der Waals surface area contributed by atoms with E-state index in [9.17, 15) is 9.59 Å². The number of carbonyl (C=O) groups excluding carboxylic acids is 2. The third-order valence-electron chi connectivity index (χ3n) is 1.82. The molecule has 0 bridgehead atoms. The van der Waals surface area contributed by atoms with E-state index in [1.165, 1.54) is 13.0 Å². The van der Waals surface area contributed by atoms with Crippen molar-refractivity contribution in [2.75, 3.05) is 11.2 Å². The first-order valence-corrected chi connectivity index (χ1v) is 5.30. The van der Waals surface area contributed by atoms with Gasteiger partial charge in [-0.25, -0.2) is 0 Å². The molecule has 1 rings (SSSR count). The summed E-state index contributed by atoms with van der Waals surface area (Å²) < 4.78 is 0. The summed E-state index contributed by atoms with van der Waals surface area (Å²) in [6.07, 6.45) is 3.11. The monoisotopic (exact) mass is 237 g/mol. The number of benzene rings is 1. The minimum absolute atomic E-state index is 0.0134. The van der Waals surface area contributed by atoms with Crippen LogP contribution in [0.5, 0.6) is 0 Å². The second kappa shape index (κ2) is 6.08. The first-order chi connectivity index (χ1) is 7.61. The summed E-state index contributed by atoms with van der Waals surface area (Å²) in [5.41, 5.74) is 1.61. The van der Waals surface area contributed by atoms with Crippen LogP contribution in [0.15, 0.2) is 30.3 Å². The van der Waals surface area contributed by atoms with Gasteiger partial charge in [0.15, 0.2) is 5.78 Å². The molecule has 0 aliphatic heterocycles. The maximum Gasteiger partial charge on any atom is 0.221 e. The van der Waals surface area contributed by atoms with Gasteiger partial charge in [0.25, 0.3) is 0 Å². The maximum atomic E-state index is 10.9. The van der Waals surface area contributed by atoms with E-state index in [2.05, 4.69) is 5.32 Å². The summed E-state index contributed by atoms with van der Waals surface area (Å²) >= 11 is 5.35. The summed E-state index contributed by atoms with van der Waals surface area (Å²) in [4.78, 5) is 21.7. The molecule has 1 aromatic carbocycles. The van der Waals surface area contributed by atoms with Crippen molar-refractivity contribution in [3.63, 3.8) is 0 Å². The highest BCUT2D eigenvalue weighted by Crippen LogP contribution is 2.10. The normalized spacial score (nSPS) is 10.4. The Kier molecular flexibility index (Phi) is 4.73. The third-order valence-corrected chi connectivity index (χ3v) is 2.09.